The number of H-pyrrole nitrogens is 2. The molecule has 0 bridgehead atoms. The van der Waals surface area contributed by atoms with Gasteiger partial charge < -0.3 is 41.9 Å². The zero-order valence-electron chi connectivity index (χ0n) is 24.2. The summed E-state index contributed by atoms with van der Waals surface area (Å²) in [6.45, 7) is -0.630. The molecule has 12 heteroatoms. The molecule has 45 heavy (non-hydrogen) atoms. The molecular weight excluding hydrogens is 576 g/mol. The Balaban J connectivity index is 1.36. The molecule has 232 valence electrons. The van der Waals surface area contributed by atoms with E-state index in [1.54, 1.807) is 24.5 Å². The van der Waals surface area contributed by atoms with Crippen LogP contribution in [-0.4, -0.2) is 68.5 Å². The average Bonchev–Trinajstić information content (AvgIpc) is 3.64. The van der Waals surface area contributed by atoms with Crippen molar-refractivity contribution in [1.82, 2.24) is 25.9 Å². The van der Waals surface area contributed by atoms with E-state index in [1.807, 2.05) is 48.5 Å². The van der Waals surface area contributed by atoms with Gasteiger partial charge in [0.25, 0.3) is 0 Å². The number of benzene rings is 3. The minimum atomic E-state index is -1.23. The summed E-state index contributed by atoms with van der Waals surface area (Å²) in [7, 11) is 0. The fraction of sp³-hybridized carbons (Fsp3) is 0.212. The van der Waals surface area contributed by atoms with Gasteiger partial charge in [-0.25, -0.2) is 0 Å². The number of phenols is 1. The minimum absolute atomic E-state index is 0.0359. The van der Waals surface area contributed by atoms with E-state index in [0.29, 0.717) is 5.56 Å². The van der Waals surface area contributed by atoms with Crippen LogP contribution in [0, 0.1) is 0 Å². The highest BCUT2D eigenvalue weighted by Gasteiger charge is 2.29. The summed E-state index contributed by atoms with van der Waals surface area (Å²) in [6.07, 6.45) is 3.83. The molecule has 12 nitrogen and oxygen atoms in total. The monoisotopic (exact) mass is 610 g/mol. The first-order valence-electron chi connectivity index (χ1n) is 14.4. The van der Waals surface area contributed by atoms with Gasteiger partial charge in [-0.15, -0.1) is 0 Å². The van der Waals surface area contributed by atoms with E-state index in [9.17, 15) is 24.3 Å². The quantitative estimate of drug-likeness (QED) is 0.0994. The topological polar surface area (TPSA) is 202 Å². The van der Waals surface area contributed by atoms with Gasteiger partial charge in [-0.05, 0) is 47.4 Å². The Kier molecular flexibility index (Phi) is 9.44. The molecule has 0 spiro atoms. The Bertz CT molecular complexity index is 1830. The first kappa shape index (κ1) is 30.8. The number of phenolic OH excluding ortho intramolecular Hbond substituents is 1. The number of aromatic hydroxyl groups is 1. The number of nitrogens with one attached hydrogen (secondary N) is 5. The fourth-order valence-corrected chi connectivity index (χ4v) is 5.27. The van der Waals surface area contributed by atoms with Gasteiger partial charge in [-0.1, -0.05) is 48.5 Å². The van der Waals surface area contributed by atoms with Gasteiger partial charge in [0.15, 0.2) is 0 Å². The van der Waals surface area contributed by atoms with Gasteiger partial charge in [0.2, 0.25) is 17.7 Å². The van der Waals surface area contributed by atoms with Crippen LogP contribution in [0.2, 0.25) is 0 Å². The van der Waals surface area contributed by atoms with Crippen molar-refractivity contribution in [1.29, 1.82) is 0 Å². The summed E-state index contributed by atoms with van der Waals surface area (Å²) in [5.41, 5.74) is 10.3. The van der Waals surface area contributed by atoms with Crippen LogP contribution < -0.4 is 21.7 Å². The molecule has 0 fully saturated rings. The predicted molar refractivity (Wildman–Crippen MR) is 168 cm³/mol. The lowest BCUT2D eigenvalue weighted by atomic mass is 10.0. The van der Waals surface area contributed by atoms with E-state index < -0.39 is 48.4 Å². The van der Waals surface area contributed by atoms with Gasteiger partial charge in [0.05, 0.1) is 6.04 Å². The molecule has 2 heterocycles. The zero-order valence-corrected chi connectivity index (χ0v) is 24.2. The lowest BCUT2D eigenvalue weighted by Crippen LogP contribution is -2.57. The summed E-state index contributed by atoms with van der Waals surface area (Å²) in [5, 5.41) is 28.4. The third-order valence-electron chi connectivity index (χ3n) is 7.61. The van der Waals surface area contributed by atoms with Crippen molar-refractivity contribution in [3.05, 3.63) is 102 Å². The van der Waals surface area contributed by atoms with Crippen molar-refractivity contribution < 1.29 is 29.4 Å². The van der Waals surface area contributed by atoms with Gasteiger partial charge in [-0.3, -0.25) is 19.2 Å². The van der Waals surface area contributed by atoms with Crippen molar-refractivity contribution in [3.8, 4) is 5.75 Å². The highest BCUT2D eigenvalue weighted by molar-refractivity contribution is 5.95. The molecule has 9 N–H and O–H groups in total. The third kappa shape index (κ3) is 7.67. The number of para-hydroxylation sites is 2. The number of rotatable bonds is 13. The Labute approximate surface area is 258 Å². The van der Waals surface area contributed by atoms with Crippen LogP contribution in [0.25, 0.3) is 21.8 Å². The summed E-state index contributed by atoms with van der Waals surface area (Å²) in [6, 6.07) is 18.0. The maximum atomic E-state index is 13.8. The van der Waals surface area contributed by atoms with Crippen molar-refractivity contribution in [3.63, 3.8) is 0 Å². The number of nitrogens with two attached hydrogens (primary N) is 1. The van der Waals surface area contributed by atoms with Crippen molar-refractivity contribution >= 4 is 45.5 Å². The molecule has 3 atom stereocenters. The molecule has 0 aliphatic heterocycles. The second-order valence-corrected chi connectivity index (χ2v) is 10.8. The van der Waals surface area contributed by atoms with E-state index in [4.69, 9.17) is 10.8 Å². The Morgan fingerprint density at radius 1 is 0.689 bits per heavy atom. The predicted octanol–water partition coefficient (Wildman–Crippen LogP) is 1.88. The molecule has 0 radical (unpaired) electrons. The van der Waals surface area contributed by atoms with Gasteiger partial charge in [0.1, 0.15) is 24.4 Å². The van der Waals surface area contributed by atoms with Crippen LogP contribution >= 0.6 is 0 Å². The number of fused-ring (bicyclic) bond motifs is 2. The third-order valence-corrected chi connectivity index (χ3v) is 7.61. The summed E-state index contributed by atoms with van der Waals surface area (Å²) in [4.78, 5) is 57.7. The Morgan fingerprint density at radius 3 is 1.82 bits per heavy atom. The van der Waals surface area contributed by atoms with Crippen molar-refractivity contribution in [2.24, 2.45) is 5.73 Å². The van der Waals surface area contributed by atoms with E-state index in [1.165, 1.54) is 12.1 Å². The Hall–Kier alpha value is -5.62. The first-order chi connectivity index (χ1) is 21.7. The second-order valence-electron chi connectivity index (χ2n) is 10.8. The van der Waals surface area contributed by atoms with Crippen LogP contribution in [0.3, 0.4) is 0 Å². The molecule has 3 unspecified atom stereocenters. The van der Waals surface area contributed by atoms with Crippen LogP contribution in [0.5, 0.6) is 5.75 Å². The van der Waals surface area contributed by atoms with Gasteiger partial charge in [0, 0.05) is 47.0 Å². The number of aliphatic carboxylic acids is 1. The van der Waals surface area contributed by atoms with Crippen LogP contribution in [0.15, 0.2) is 85.2 Å². The summed E-state index contributed by atoms with van der Waals surface area (Å²) >= 11 is 0. The number of carbonyl (C=O) groups excluding carboxylic acids is 3. The highest BCUT2D eigenvalue weighted by atomic mass is 16.4. The van der Waals surface area contributed by atoms with E-state index >= 15 is 0 Å². The molecular formula is C33H34N6O6. The normalized spacial score (nSPS) is 13.2. The van der Waals surface area contributed by atoms with Crippen molar-refractivity contribution in [2.45, 2.75) is 37.4 Å². The van der Waals surface area contributed by atoms with Crippen LogP contribution in [0.1, 0.15) is 16.7 Å². The fourth-order valence-electron chi connectivity index (χ4n) is 5.27. The van der Waals surface area contributed by atoms with E-state index in [0.717, 1.165) is 32.9 Å². The lowest BCUT2D eigenvalue weighted by Gasteiger charge is -2.24. The Morgan fingerprint density at radius 2 is 1.22 bits per heavy atom. The maximum absolute atomic E-state index is 13.8. The number of carboxylic acid groups (broad SMARTS) is 1. The smallest absolute Gasteiger partial charge is 0.322 e. The molecule has 0 saturated heterocycles. The molecule has 5 aromatic rings. The minimum Gasteiger partial charge on any atom is -0.508 e. The van der Waals surface area contributed by atoms with E-state index in [-0.39, 0.29) is 25.0 Å². The van der Waals surface area contributed by atoms with Gasteiger partial charge >= 0.3 is 5.97 Å². The number of carboxylic acids is 1. The first-order valence-corrected chi connectivity index (χ1v) is 14.4. The molecule has 3 aromatic carbocycles. The zero-order chi connectivity index (χ0) is 31.9. The number of aromatic nitrogens is 2. The molecule has 5 rings (SSSR count). The van der Waals surface area contributed by atoms with Gasteiger partial charge in [-0.2, -0.15) is 0 Å². The maximum Gasteiger partial charge on any atom is 0.322 e. The van der Waals surface area contributed by atoms with Crippen LogP contribution in [0.4, 0.5) is 0 Å². The number of amides is 3. The molecule has 0 aliphatic rings. The molecule has 3 amide bonds. The SMILES string of the molecule is NC(Cc1c[nH]c2ccccc12)C(=O)NC(Cc1ccc(O)cc1)C(=O)NC(Cc1c[nH]c2ccccc12)C(=O)NCC(=O)O. The second kappa shape index (κ2) is 13.8. The molecule has 0 saturated carbocycles. The number of aromatic amines is 2. The summed E-state index contributed by atoms with van der Waals surface area (Å²) in [5.74, 6) is -3.11. The highest BCUT2D eigenvalue weighted by Crippen LogP contribution is 2.21. The van der Waals surface area contributed by atoms with Crippen molar-refractivity contribution in [2.75, 3.05) is 6.54 Å². The largest absolute Gasteiger partial charge is 0.508 e. The number of hydrogen-bond acceptors (Lipinski definition) is 6. The van der Waals surface area contributed by atoms with E-state index in [2.05, 4.69) is 25.9 Å². The number of carbonyl (C=O) groups is 4. The van der Waals surface area contributed by atoms with Crippen LogP contribution in [-0.2, 0) is 38.4 Å². The molecule has 0 aliphatic carbocycles. The average molecular weight is 611 g/mol. The molecule has 2 aromatic heterocycles. The summed E-state index contributed by atoms with van der Waals surface area (Å²) < 4.78 is 0. The lowest BCUT2D eigenvalue weighted by molar-refractivity contribution is -0.138. The standard InChI is InChI=1S/C33H34N6O6/c34-25(14-20-16-35-26-7-3-1-5-23(20)26)31(43)38-28(13-19-9-11-22(40)12-10-19)33(45)39-29(32(44)37-18-30(41)42)15-21-17-36-27-8-4-2-6-24(21)27/h1-12,16-17,25,28-29,35-36,40H,13-15,18,34H2,(H,37,44)(H,38,43)(H,39,45)(H,41,42). The number of hydrogen-bond donors (Lipinski definition) is 8.